The number of hydrogen-bond acceptors (Lipinski definition) is 5. The van der Waals surface area contributed by atoms with Crippen molar-refractivity contribution in [2.45, 2.75) is 5.22 Å². The van der Waals surface area contributed by atoms with E-state index in [1.54, 1.807) is 42.5 Å². The third-order valence-corrected chi connectivity index (χ3v) is 4.79. The van der Waals surface area contributed by atoms with Gasteiger partial charge in [0.1, 0.15) is 5.52 Å². The second kappa shape index (κ2) is 5.96. The van der Waals surface area contributed by atoms with Crippen LogP contribution in [0.3, 0.4) is 0 Å². The van der Waals surface area contributed by atoms with Gasteiger partial charge in [-0.25, -0.2) is 4.98 Å². The van der Waals surface area contributed by atoms with E-state index in [4.69, 9.17) is 16.0 Å². The Hall–Kier alpha value is -2.31. The maximum Gasteiger partial charge on any atom is 0.261 e. The predicted octanol–water partition coefficient (Wildman–Crippen LogP) is 3.87. The standard InChI is InChI=1S/C17H11ClN2O3S/c18-10-5-6-13-14(9-10)23-17(19-13)24-8-7-20-15(21)11-3-1-2-4-12(11)16(20)22/h1-6,9H,7-8H2. The number of hydrogen-bond donors (Lipinski definition) is 0. The summed E-state index contributed by atoms with van der Waals surface area (Å²) in [5, 5.41) is 1.07. The van der Waals surface area contributed by atoms with E-state index < -0.39 is 0 Å². The molecule has 0 N–H and O–H groups in total. The molecule has 0 unspecified atom stereocenters. The highest BCUT2D eigenvalue weighted by molar-refractivity contribution is 7.99. The summed E-state index contributed by atoms with van der Waals surface area (Å²) >= 11 is 7.27. The van der Waals surface area contributed by atoms with Crippen molar-refractivity contribution >= 4 is 46.3 Å². The van der Waals surface area contributed by atoms with Crippen LogP contribution in [0.4, 0.5) is 0 Å². The van der Waals surface area contributed by atoms with Crippen LogP contribution < -0.4 is 0 Å². The number of carbonyl (C=O) groups excluding carboxylic acids is 2. The number of fused-ring (bicyclic) bond motifs is 2. The van der Waals surface area contributed by atoms with Crippen LogP contribution in [0.2, 0.25) is 5.02 Å². The molecule has 0 fully saturated rings. The molecule has 1 aliphatic heterocycles. The van der Waals surface area contributed by atoms with Gasteiger partial charge in [-0.1, -0.05) is 35.5 Å². The first-order valence-electron chi connectivity index (χ1n) is 7.27. The smallest absolute Gasteiger partial charge is 0.261 e. The summed E-state index contributed by atoms with van der Waals surface area (Å²) < 4.78 is 5.61. The Bertz CT molecular complexity index is 934. The summed E-state index contributed by atoms with van der Waals surface area (Å²) in [5.74, 6) is 0.00699. The Kier molecular flexibility index (Phi) is 3.78. The molecule has 1 aromatic heterocycles. The van der Waals surface area contributed by atoms with Gasteiger partial charge in [-0.05, 0) is 24.3 Å². The van der Waals surface area contributed by atoms with Crippen molar-refractivity contribution in [3.05, 3.63) is 58.6 Å². The highest BCUT2D eigenvalue weighted by Crippen LogP contribution is 2.27. The van der Waals surface area contributed by atoms with E-state index in [0.717, 1.165) is 5.52 Å². The number of aromatic nitrogens is 1. The molecule has 0 saturated heterocycles. The average molecular weight is 359 g/mol. The molecule has 120 valence electrons. The molecule has 0 spiro atoms. The van der Waals surface area contributed by atoms with E-state index in [2.05, 4.69) is 4.98 Å². The molecule has 2 aromatic carbocycles. The molecule has 0 atom stereocenters. The zero-order chi connectivity index (χ0) is 16.7. The fourth-order valence-corrected chi connectivity index (χ4v) is 3.53. The number of thioether (sulfide) groups is 1. The lowest BCUT2D eigenvalue weighted by atomic mass is 10.1. The highest BCUT2D eigenvalue weighted by atomic mass is 35.5. The number of benzene rings is 2. The van der Waals surface area contributed by atoms with Crippen LogP contribution in [0.5, 0.6) is 0 Å². The predicted molar refractivity (Wildman–Crippen MR) is 91.6 cm³/mol. The van der Waals surface area contributed by atoms with Gasteiger partial charge in [0.2, 0.25) is 0 Å². The molecule has 2 amide bonds. The van der Waals surface area contributed by atoms with Gasteiger partial charge in [-0.3, -0.25) is 14.5 Å². The molecule has 0 aliphatic carbocycles. The fourth-order valence-electron chi connectivity index (χ4n) is 2.61. The minimum absolute atomic E-state index is 0.249. The number of nitrogens with zero attached hydrogens (tertiary/aromatic N) is 2. The molecule has 1 aliphatic rings. The van der Waals surface area contributed by atoms with Crippen molar-refractivity contribution in [3.63, 3.8) is 0 Å². The van der Waals surface area contributed by atoms with Gasteiger partial charge < -0.3 is 4.42 Å². The first-order valence-corrected chi connectivity index (χ1v) is 8.64. The Morgan fingerprint density at radius 2 is 1.79 bits per heavy atom. The van der Waals surface area contributed by atoms with Crippen molar-refractivity contribution in [1.29, 1.82) is 0 Å². The molecule has 7 heteroatoms. The molecule has 4 rings (SSSR count). The van der Waals surface area contributed by atoms with E-state index in [9.17, 15) is 9.59 Å². The lowest BCUT2D eigenvalue weighted by Crippen LogP contribution is -2.31. The van der Waals surface area contributed by atoms with Crippen LogP contribution in [0.1, 0.15) is 20.7 Å². The molecular weight excluding hydrogens is 348 g/mol. The molecule has 5 nitrogen and oxygen atoms in total. The van der Waals surface area contributed by atoms with E-state index in [1.165, 1.54) is 16.7 Å². The molecule has 0 saturated carbocycles. The van der Waals surface area contributed by atoms with E-state index in [1.807, 2.05) is 0 Å². The van der Waals surface area contributed by atoms with Gasteiger partial charge in [-0.2, -0.15) is 0 Å². The summed E-state index contributed by atoms with van der Waals surface area (Å²) in [5.41, 5.74) is 2.27. The molecule has 24 heavy (non-hydrogen) atoms. The van der Waals surface area contributed by atoms with Crippen molar-refractivity contribution in [2.75, 3.05) is 12.3 Å². The Morgan fingerprint density at radius 3 is 2.50 bits per heavy atom. The first-order chi connectivity index (χ1) is 11.6. The fraction of sp³-hybridized carbons (Fsp3) is 0.118. The largest absolute Gasteiger partial charge is 0.431 e. The topological polar surface area (TPSA) is 63.4 Å². The van der Waals surface area contributed by atoms with Crippen LogP contribution in [0.25, 0.3) is 11.1 Å². The normalized spacial score (nSPS) is 13.8. The number of oxazole rings is 1. The van der Waals surface area contributed by atoms with Gasteiger partial charge in [0.15, 0.2) is 5.58 Å². The quantitative estimate of drug-likeness (QED) is 0.523. The second-order valence-corrected chi connectivity index (χ2v) is 6.73. The van der Waals surface area contributed by atoms with Crippen molar-refractivity contribution in [3.8, 4) is 0 Å². The lowest BCUT2D eigenvalue weighted by molar-refractivity contribution is 0.0664. The molecule has 0 bridgehead atoms. The third kappa shape index (κ3) is 2.57. The summed E-state index contributed by atoms with van der Waals surface area (Å²) in [6, 6.07) is 12.1. The highest BCUT2D eigenvalue weighted by Gasteiger charge is 2.34. The van der Waals surface area contributed by atoms with Crippen LogP contribution >= 0.6 is 23.4 Å². The van der Waals surface area contributed by atoms with E-state index in [0.29, 0.717) is 39.3 Å². The zero-order valence-electron chi connectivity index (χ0n) is 12.4. The van der Waals surface area contributed by atoms with Gasteiger partial charge in [0.05, 0.1) is 11.1 Å². The maximum atomic E-state index is 12.3. The SMILES string of the molecule is O=C1c2ccccc2C(=O)N1CCSc1nc2ccc(Cl)cc2o1. The number of imide groups is 1. The molecule has 3 aromatic rings. The summed E-state index contributed by atoms with van der Waals surface area (Å²) in [4.78, 5) is 30.1. The number of amides is 2. The zero-order valence-corrected chi connectivity index (χ0v) is 13.9. The first kappa shape index (κ1) is 15.2. The van der Waals surface area contributed by atoms with Crippen molar-refractivity contribution in [1.82, 2.24) is 9.88 Å². The number of carbonyl (C=O) groups is 2. The summed E-state index contributed by atoms with van der Waals surface area (Å²) in [6.45, 7) is 0.302. The molecule has 2 heterocycles. The molecular formula is C17H11ClN2O3S. The van der Waals surface area contributed by atoms with Gasteiger partial charge in [0, 0.05) is 23.4 Å². The number of rotatable bonds is 4. The van der Waals surface area contributed by atoms with E-state index in [-0.39, 0.29) is 11.8 Å². The third-order valence-electron chi connectivity index (χ3n) is 3.75. The summed E-state index contributed by atoms with van der Waals surface area (Å²) in [7, 11) is 0. The van der Waals surface area contributed by atoms with Gasteiger partial charge in [-0.15, -0.1) is 0 Å². The van der Waals surface area contributed by atoms with E-state index >= 15 is 0 Å². The van der Waals surface area contributed by atoms with Crippen LogP contribution in [-0.2, 0) is 0 Å². The van der Waals surface area contributed by atoms with Crippen LogP contribution in [0.15, 0.2) is 52.1 Å². The Morgan fingerprint density at radius 1 is 1.08 bits per heavy atom. The molecule has 0 radical (unpaired) electrons. The summed E-state index contributed by atoms with van der Waals surface area (Å²) in [6.07, 6.45) is 0. The Balaban J connectivity index is 1.44. The Labute approximate surface area is 146 Å². The van der Waals surface area contributed by atoms with Gasteiger partial charge >= 0.3 is 0 Å². The van der Waals surface area contributed by atoms with Crippen molar-refractivity contribution in [2.24, 2.45) is 0 Å². The lowest BCUT2D eigenvalue weighted by Gasteiger charge is -2.12. The monoisotopic (exact) mass is 358 g/mol. The van der Waals surface area contributed by atoms with Gasteiger partial charge in [0.25, 0.3) is 17.0 Å². The second-order valence-electron chi connectivity index (χ2n) is 5.25. The van der Waals surface area contributed by atoms with Crippen LogP contribution in [0, 0.1) is 0 Å². The average Bonchev–Trinajstić information content (AvgIpc) is 3.09. The van der Waals surface area contributed by atoms with Crippen molar-refractivity contribution < 1.29 is 14.0 Å². The van der Waals surface area contributed by atoms with Crippen LogP contribution in [-0.4, -0.2) is 34.0 Å². The number of halogens is 1. The minimum Gasteiger partial charge on any atom is -0.431 e. The maximum absolute atomic E-state index is 12.3. The minimum atomic E-state index is -0.249.